The first kappa shape index (κ1) is 22.8. The molecule has 2 rings (SSSR count). The minimum Gasteiger partial charge on any atom is -0.484 e. The Bertz CT molecular complexity index is 1090. The van der Waals surface area contributed by atoms with Gasteiger partial charge >= 0.3 is 0 Å². The largest absolute Gasteiger partial charge is 0.484 e. The maximum atomic E-state index is 12.1. The van der Waals surface area contributed by atoms with Crippen molar-refractivity contribution in [3.63, 3.8) is 0 Å². The minimum atomic E-state index is -3.76. The van der Waals surface area contributed by atoms with Crippen LogP contribution in [0.2, 0.25) is 0 Å². The van der Waals surface area contributed by atoms with E-state index >= 15 is 0 Å². The fourth-order valence-electron chi connectivity index (χ4n) is 2.35. The maximum absolute atomic E-state index is 12.1. The van der Waals surface area contributed by atoms with Gasteiger partial charge in [0.25, 0.3) is 5.91 Å². The van der Waals surface area contributed by atoms with Crippen LogP contribution in [0.15, 0.2) is 52.3 Å². The monoisotopic (exact) mass is 441 g/mol. The molecule has 0 saturated carbocycles. The molecular weight excluding hydrogens is 418 g/mol. The second-order valence-electron chi connectivity index (χ2n) is 6.47. The van der Waals surface area contributed by atoms with Gasteiger partial charge in [-0.15, -0.1) is 0 Å². The number of primary sulfonamides is 1. The number of nitrogens with zero attached hydrogens (tertiary/aromatic N) is 1. The van der Waals surface area contributed by atoms with E-state index in [0.717, 1.165) is 4.31 Å². The predicted molar refractivity (Wildman–Crippen MR) is 107 cm³/mol. The predicted octanol–water partition coefficient (Wildman–Crippen LogP) is 0.588. The molecule has 158 valence electrons. The van der Waals surface area contributed by atoms with Crippen molar-refractivity contribution in [2.75, 3.05) is 20.7 Å². The molecule has 0 heterocycles. The normalized spacial score (nSPS) is 12.0. The lowest BCUT2D eigenvalue weighted by Crippen LogP contribution is -2.28. The highest BCUT2D eigenvalue weighted by Gasteiger charge is 2.18. The van der Waals surface area contributed by atoms with Crippen molar-refractivity contribution >= 4 is 26.0 Å². The Labute approximate surface area is 170 Å². The summed E-state index contributed by atoms with van der Waals surface area (Å²) in [5, 5.41) is 7.68. The number of amides is 1. The standard InChI is InChI=1S/C18H23N3O6S2/c1-13-10-16(29(25,26)21(2)3)8-9-17(13)27-12-18(22)20-11-14-4-6-15(7-5-14)28(19,23)24/h4-10H,11-12H2,1-3H3,(H,20,22)(H2,19,23,24). The van der Waals surface area contributed by atoms with Crippen LogP contribution in [0.4, 0.5) is 0 Å². The van der Waals surface area contributed by atoms with Crippen LogP contribution < -0.4 is 15.2 Å². The summed E-state index contributed by atoms with van der Waals surface area (Å²) in [6, 6.07) is 10.2. The van der Waals surface area contributed by atoms with Gasteiger partial charge < -0.3 is 10.1 Å². The summed E-state index contributed by atoms with van der Waals surface area (Å²) in [7, 11) is -4.41. The molecule has 0 bridgehead atoms. The summed E-state index contributed by atoms with van der Waals surface area (Å²) in [5.74, 6) is 0.0141. The second kappa shape index (κ2) is 8.91. The first-order chi connectivity index (χ1) is 13.4. The highest BCUT2D eigenvalue weighted by atomic mass is 32.2. The van der Waals surface area contributed by atoms with Crippen molar-refractivity contribution in [1.29, 1.82) is 0 Å². The van der Waals surface area contributed by atoms with E-state index in [1.165, 1.54) is 44.4 Å². The van der Waals surface area contributed by atoms with Gasteiger partial charge in [-0.05, 0) is 48.4 Å². The number of hydrogen-bond acceptors (Lipinski definition) is 6. The summed E-state index contributed by atoms with van der Waals surface area (Å²) in [6.45, 7) is 1.62. The molecule has 0 spiro atoms. The Hall–Kier alpha value is -2.47. The van der Waals surface area contributed by atoms with Crippen LogP contribution in [0.5, 0.6) is 5.75 Å². The lowest BCUT2D eigenvalue weighted by atomic mass is 10.2. The van der Waals surface area contributed by atoms with Gasteiger partial charge in [-0.3, -0.25) is 4.79 Å². The molecule has 0 aliphatic carbocycles. The molecule has 0 aliphatic rings. The van der Waals surface area contributed by atoms with Gasteiger partial charge in [-0.2, -0.15) is 0 Å². The van der Waals surface area contributed by atoms with Crippen LogP contribution in [0, 0.1) is 6.92 Å². The molecule has 0 unspecified atom stereocenters. The number of nitrogens with one attached hydrogen (secondary N) is 1. The molecule has 2 aromatic rings. The van der Waals surface area contributed by atoms with Crippen LogP contribution in [0.25, 0.3) is 0 Å². The van der Waals surface area contributed by atoms with E-state index in [2.05, 4.69) is 5.32 Å². The van der Waals surface area contributed by atoms with Crippen LogP contribution >= 0.6 is 0 Å². The number of sulfonamides is 2. The molecule has 3 N–H and O–H groups in total. The number of nitrogens with two attached hydrogens (primary N) is 1. The second-order valence-corrected chi connectivity index (χ2v) is 10.2. The fourth-order valence-corrected chi connectivity index (χ4v) is 3.85. The Morgan fingerprint density at radius 3 is 2.14 bits per heavy atom. The van der Waals surface area contributed by atoms with Gasteiger partial charge in [0.2, 0.25) is 20.0 Å². The van der Waals surface area contributed by atoms with Crippen LogP contribution in [0.1, 0.15) is 11.1 Å². The van der Waals surface area contributed by atoms with E-state index < -0.39 is 20.0 Å². The third-order valence-corrected chi connectivity index (χ3v) is 6.77. The summed E-state index contributed by atoms with van der Waals surface area (Å²) in [4.78, 5) is 12.1. The molecule has 0 saturated heterocycles. The smallest absolute Gasteiger partial charge is 0.258 e. The van der Waals surface area contributed by atoms with Crippen molar-refractivity contribution in [2.24, 2.45) is 5.14 Å². The average Bonchev–Trinajstić information content (AvgIpc) is 2.64. The number of hydrogen-bond donors (Lipinski definition) is 2. The lowest BCUT2D eigenvalue weighted by Gasteiger charge is -2.14. The number of carbonyl (C=O) groups is 1. The number of rotatable bonds is 8. The van der Waals surface area contributed by atoms with Crippen molar-refractivity contribution in [3.8, 4) is 5.75 Å². The maximum Gasteiger partial charge on any atom is 0.258 e. The summed E-state index contributed by atoms with van der Waals surface area (Å²) < 4.78 is 53.3. The molecule has 1 amide bonds. The van der Waals surface area contributed by atoms with Crippen molar-refractivity contribution in [1.82, 2.24) is 9.62 Å². The molecule has 29 heavy (non-hydrogen) atoms. The van der Waals surface area contributed by atoms with E-state index in [0.29, 0.717) is 16.9 Å². The van der Waals surface area contributed by atoms with Gasteiger partial charge in [0.15, 0.2) is 6.61 Å². The summed E-state index contributed by atoms with van der Waals surface area (Å²) >= 11 is 0. The van der Waals surface area contributed by atoms with Crippen molar-refractivity contribution < 1.29 is 26.4 Å². The van der Waals surface area contributed by atoms with Gasteiger partial charge in [0.05, 0.1) is 9.79 Å². The van der Waals surface area contributed by atoms with Gasteiger partial charge in [-0.1, -0.05) is 12.1 Å². The highest BCUT2D eigenvalue weighted by Crippen LogP contribution is 2.23. The van der Waals surface area contributed by atoms with Crippen molar-refractivity contribution in [2.45, 2.75) is 23.3 Å². The Balaban J connectivity index is 1.92. The molecule has 9 nitrogen and oxygen atoms in total. The summed E-state index contributed by atoms with van der Waals surface area (Å²) in [6.07, 6.45) is 0. The topological polar surface area (TPSA) is 136 Å². The van der Waals surface area contributed by atoms with E-state index in [-0.39, 0.29) is 28.8 Å². The number of benzene rings is 2. The number of carbonyl (C=O) groups excluding carboxylic acids is 1. The molecule has 0 aromatic heterocycles. The average molecular weight is 442 g/mol. The third kappa shape index (κ3) is 6.00. The Morgan fingerprint density at radius 1 is 1.03 bits per heavy atom. The van der Waals surface area contributed by atoms with E-state index in [1.54, 1.807) is 19.1 Å². The molecule has 0 radical (unpaired) electrons. The molecule has 11 heteroatoms. The molecule has 0 fully saturated rings. The highest BCUT2D eigenvalue weighted by molar-refractivity contribution is 7.89. The Morgan fingerprint density at radius 2 is 1.62 bits per heavy atom. The van der Waals surface area contributed by atoms with E-state index in [1.807, 2.05) is 0 Å². The molecule has 0 aliphatic heterocycles. The first-order valence-corrected chi connectivity index (χ1v) is 11.4. The number of ether oxygens (including phenoxy) is 1. The minimum absolute atomic E-state index is 0.00823. The quantitative estimate of drug-likeness (QED) is 0.615. The third-order valence-electron chi connectivity index (χ3n) is 4.03. The first-order valence-electron chi connectivity index (χ1n) is 8.45. The van der Waals surface area contributed by atoms with Gasteiger partial charge in [0, 0.05) is 20.6 Å². The van der Waals surface area contributed by atoms with E-state index in [4.69, 9.17) is 9.88 Å². The molecule has 2 aromatic carbocycles. The van der Waals surface area contributed by atoms with Crippen molar-refractivity contribution in [3.05, 3.63) is 53.6 Å². The zero-order valence-corrected chi connectivity index (χ0v) is 17.9. The van der Waals surface area contributed by atoms with Gasteiger partial charge in [0.1, 0.15) is 5.75 Å². The van der Waals surface area contributed by atoms with Crippen LogP contribution in [-0.4, -0.2) is 47.8 Å². The Kier molecular flexibility index (Phi) is 7.01. The zero-order chi connectivity index (χ0) is 21.8. The lowest BCUT2D eigenvalue weighted by molar-refractivity contribution is -0.123. The fraction of sp³-hybridized carbons (Fsp3) is 0.278. The summed E-state index contributed by atoms with van der Waals surface area (Å²) in [5.41, 5.74) is 1.28. The molecule has 0 atom stereocenters. The molecular formula is C18H23N3O6S2. The van der Waals surface area contributed by atoms with Gasteiger partial charge in [-0.25, -0.2) is 26.3 Å². The SMILES string of the molecule is Cc1cc(S(=O)(=O)N(C)C)ccc1OCC(=O)NCc1ccc(S(N)(=O)=O)cc1. The van der Waals surface area contributed by atoms with E-state index in [9.17, 15) is 21.6 Å². The zero-order valence-electron chi connectivity index (χ0n) is 16.2. The van der Waals surface area contributed by atoms with Crippen LogP contribution in [0.3, 0.4) is 0 Å². The number of aryl methyl sites for hydroxylation is 1. The van der Waals surface area contributed by atoms with Crippen LogP contribution in [-0.2, 0) is 31.4 Å².